The fraction of sp³-hybridized carbons (Fsp3) is 0.235. The third kappa shape index (κ3) is 4.78. The average Bonchev–Trinajstić information content (AvgIpc) is 3.28. The smallest absolute Gasteiger partial charge is 0.233 e. The number of methoxy groups -OCH3 is 1. The summed E-state index contributed by atoms with van der Waals surface area (Å²) in [6.45, 7) is 0.544. The van der Waals surface area contributed by atoms with Crippen molar-refractivity contribution in [1.82, 2.24) is 20.1 Å². The van der Waals surface area contributed by atoms with E-state index in [1.165, 1.54) is 23.1 Å². The van der Waals surface area contributed by atoms with Crippen molar-refractivity contribution in [2.75, 3.05) is 19.9 Å². The molecule has 6 nitrogen and oxygen atoms in total. The van der Waals surface area contributed by atoms with Crippen molar-refractivity contribution in [2.24, 2.45) is 0 Å². The van der Waals surface area contributed by atoms with Crippen LogP contribution in [0.2, 0.25) is 4.34 Å². The van der Waals surface area contributed by atoms with Crippen molar-refractivity contribution < 1.29 is 9.53 Å². The number of nitrogens with one attached hydrogen (secondary N) is 1. The summed E-state index contributed by atoms with van der Waals surface area (Å²) >= 11 is 8.70. The molecule has 26 heavy (non-hydrogen) atoms. The van der Waals surface area contributed by atoms with Crippen LogP contribution in [0.3, 0.4) is 0 Å². The molecule has 2 aromatic heterocycles. The summed E-state index contributed by atoms with van der Waals surface area (Å²) < 4.78 is 5.87. The molecule has 1 aromatic carbocycles. The first-order valence-corrected chi connectivity index (χ1v) is 9.91. The zero-order valence-corrected chi connectivity index (χ0v) is 16.6. The second kappa shape index (κ2) is 8.57. The molecule has 0 unspecified atom stereocenters. The summed E-state index contributed by atoms with van der Waals surface area (Å²) in [7, 11) is 3.40. The van der Waals surface area contributed by atoms with Crippen molar-refractivity contribution in [2.45, 2.75) is 11.7 Å². The SMILES string of the molecule is COc1ccc(-c2nc(SCC(=O)N(C)Cc3ccc(Cl)s3)n[nH]2)cc1. The Bertz CT molecular complexity index is 879. The van der Waals surface area contributed by atoms with E-state index in [9.17, 15) is 4.79 Å². The first-order valence-electron chi connectivity index (χ1n) is 7.73. The van der Waals surface area contributed by atoms with Gasteiger partial charge in [-0.05, 0) is 36.4 Å². The molecule has 0 bridgehead atoms. The fourth-order valence-corrected chi connectivity index (χ4v) is 4.06. The van der Waals surface area contributed by atoms with E-state index >= 15 is 0 Å². The van der Waals surface area contributed by atoms with E-state index < -0.39 is 0 Å². The number of nitrogens with zero attached hydrogens (tertiary/aromatic N) is 3. The molecular formula is C17H17ClN4O2S2. The highest BCUT2D eigenvalue weighted by Crippen LogP contribution is 2.24. The average molecular weight is 409 g/mol. The van der Waals surface area contributed by atoms with E-state index in [2.05, 4.69) is 15.2 Å². The van der Waals surface area contributed by atoms with Crippen molar-refractivity contribution in [1.29, 1.82) is 0 Å². The molecule has 0 atom stereocenters. The Morgan fingerprint density at radius 2 is 2.08 bits per heavy atom. The molecule has 0 spiro atoms. The van der Waals surface area contributed by atoms with Gasteiger partial charge in [-0.3, -0.25) is 9.89 Å². The molecule has 2 heterocycles. The molecular weight excluding hydrogens is 392 g/mol. The molecule has 0 aliphatic rings. The van der Waals surface area contributed by atoms with Gasteiger partial charge in [0.05, 0.1) is 23.7 Å². The Balaban J connectivity index is 1.54. The summed E-state index contributed by atoms with van der Waals surface area (Å²) in [6.07, 6.45) is 0. The first-order chi connectivity index (χ1) is 12.5. The van der Waals surface area contributed by atoms with Crippen LogP contribution in [0.15, 0.2) is 41.6 Å². The van der Waals surface area contributed by atoms with Crippen LogP contribution in [0.1, 0.15) is 4.88 Å². The van der Waals surface area contributed by atoms with Crippen LogP contribution in [0.5, 0.6) is 5.75 Å². The number of hydrogen-bond donors (Lipinski definition) is 1. The van der Waals surface area contributed by atoms with E-state index in [1.54, 1.807) is 19.1 Å². The van der Waals surface area contributed by atoms with Gasteiger partial charge < -0.3 is 9.64 Å². The van der Waals surface area contributed by atoms with E-state index in [-0.39, 0.29) is 11.7 Å². The standard InChI is InChI=1S/C17H17ClN4O2S2/c1-22(9-13-7-8-14(18)26-13)15(23)10-25-17-19-16(20-21-17)11-3-5-12(24-2)6-4-11/h3-8H,9-10H2,1-2H3,(H,19,20,21). The Morgan fingerprint density at radius 1 is 1.31 bits per heavy atom. The van der Waals surface area contributed by atoms with Gasteiger partial charge in [0.1, 0.15) is 5.75 Å². The lowest BCUT2D eigenvalue weighted by molar-refractivity contribution is -0.127. The summed E-state index contributed by atoms with van der Waals surface area (Å²) in [5.74, 6) is 1.72. The highest BCUT2D eigenvalue weighted by Gasteiger charge is 2.13. The molecule has 1 amide bonds. The van der Waals surface area contributed by atoms with Crippen LogP contribution in [0.4, 0.5) is 0 Å². The molecule has 0 fully saturated rings. The quantitative estimate of drug-likeness (QED) is 0.599. The summed E-state index contributed by atoms with van der Waals surface area (Å²) in [4.78, 5) is 19.4. The number of amides is 1. The van der Waals surface area contributed by atoms with Crippen LogP contribution in [-0.4, -0.2) is 45.9 Å². The van der Waals surface area contributed by atoms with Gasteiger partial charge in [0.25, 0.3) is 0 Å². The van der Waals surface area contributed by atoms with Gasteiger partial charge in [0, 0.05) is 17.5 Å². The lowest BCUT2D eigenvalue weighted by atomic mass is 10.2. The third-order valence-electron chi connectivity index (χ3n) is 3.60. The number of hydrogen-bond acceptors (Lipinski definition) is 6. The number of aromatic amines is 1. The second-order valence-electron chi connectivity index (χ2n) is 5.44. The van der Waals surface area contributed by atoms with Gasteiger partial charge >= 0.3 is 0 Å². The molecule has 136 valence electrons. The zero-order chi connectivity index (χ0) is 18.5. The zero-order valence-electron chi connectivity index (χ0n) is 14.2. The number of halogens is 1. The molecule has 0 aliphatic heterocycles. The number of thiophene rings is 1. The van der Waals surface area contributed by atoms with E-state index in [4.69, 9.17) is 16.3 Å². The van der Waals surface area contributed by atoms with Crippen molar-refractivity contribution in [3.8, 4) is 17.1 Å². The van der Waals surface area contributed by atoms with Crippen molar-refractivity contribution in [3.63, 3.8) is 0 Å². The minimum Gasteiger partial charge on any atom is -0.497 e. The number of carbonyl (C=O) groups excluding carboxylic acids is 1. The Hall–Kier alpha value is -2.03. The van der Waals surface area contributed by atoms with Crippen LogP contribution in [-0.2, 0) is 11.3 Å². The number of rotatable bonds is 7. The Kier molecular flexibility index (Phi) is 6.18. The van der Waals surface area contributed by atoms with Crippen LogP contribution >= 0.6 is 34.7 Å². The summed E-state index contributed by atoms with van der Waals surface area (Å²) in [6, 6.07) is 11.3. The number of thioether (sulfide) groups is 1. The fourth-order valence-electron chi connectivity index (χ4n) is 2.18. The molecule has 3 aromatic rings. The predicted octanol–water partition coefficient (Wildman–Crippen LogP) is 3.95. The van der Waals surface area contributed by atoms with Gasteiger partial charge in [-0.1, -0.05) is 23.4 Å². The Labute approximate surface area is 164 Å². The normalized spacial score (nSPS) is 10.7. The number of ether oxygens (including phenoxy) is 1. The number of carbonyl (C=O) groups is 1. The molecule has 9 heteroatoms. The van der Waals surface area contributed by atoms with Crippen LogP contribution < -0.4 is 4.74 Å². The lowest BCUT2D eigenvalue weighted by Gasteiger charge is -2.15. The highest BCUT2D eigenvalue weighted by atomic mass is 35.5. The van der Waals surface area contributed by atoms with Gasteiger partial charge in [0.2, 0.25) is 11.1 Å². The largest absolute Gasteiger partial charge is 0.497 e. The molecule has 0 saturated carbocycles. The summed E-state index contributed by atoms with van der Waals surface area (Å²) in [5.41, 5.74) is 0.906. The third-order valence-corrected chi connectivity index (χ3v) is 5.65. The molecule has 0 radical (unpaired) electrons. The minimum absolute atomic E-state index is 0.00956. The minimum atomic E-state index is 0.00956. The molecule has 0 saturated heterocycles. The maximum Gasteiger partial charge on any atom is 0.233 e. The number of aromatic nitrogens is 3. The van der Waals surface area contributed by atoms with Gasteiger partial charge in [-0.2, -0.15) is 0 Å². The monoisotopic (exact) mass is 408 g/mol. The second-order valence-corrected chi connectivity index (χ2v) is 8.18. The maximum absolute atomic E-state index is 12.3. The van der Waals surface area contributed by atoms with E-state index in [1.807, 2.05) is 36.4 Å². The predicted molar refractivity (Wildman–Crippen MR) is 105 cm³/mol. The number of benzene rings is 1. The van der Waals surface area contributed by atoms with E-state index in [0.29, 0.717) is 17.5 Å². The highest BCUT2D eigenvalue weighted by molar-refractivity contribution is 7.99. The summed E-state index contributed by atoms with van der Waals surface area (Å²) in [5, 5.41) is 7.60. The van der Waals surface area contributed by atoms with Gasteiger partial charge in [-0.25, -0.2) is 4.98 Å². The van der Waals surface area contributed by atoms with Gasteiger partial charge in [0.15, 0.2) is 5.82 Å². The first kappa shape index (κ1) is 18.8. The lowest BCUT2D eigenvalue weighted by Crippen LogP contribution is -2.27. The van der Waals surface area contributed by atoms with E-state index in [0.717, 1.165) is 20.5 Å². The topological polar surface area (TPSA) is 71.1 Å². The molecule has 1 N–H and O–H groups in total. The van der Waals surface area contributed by atoms with Crippen molar-refractivity contribution in [3.05, 3.63) is 45.6 Å². The Morgan fingerprint density at radius 3 is 2.73 bits per heavy atom. The number of H-pyrrole nitrogens is 1. The van der Waals surface area contributed by atoms with Gasteiger partial charge in [-0.15, -0.1) is 16.4 Å². The van der Waals surface area contributed by atoms with Crippen LogP contribution in [0.25, 0.3) is 11.4 Å². The van der Waals surface area contributed by atoms with Crippen LogP contribution in [0, 0.1) is 0 Å². The molecule has 0 aliphatic carbocycles. The molecule has 3 rings (SSSR count). The maximum atomic E-state index is 12.3. The van der Waals surface area contributed by atoms with Crippen molar-refractivity contribution >= 4 is 40.6 Å².